The standard InChI is InChI=1S/C21H18BrCl2NO3S/c1-12(2)11-28-18-7-6-13(8-15(18)22)9-19-20(26)25(21(27)29-19)10-14-16(23)4-3-5-17(14)24/h3-9,12H,10-11H2,1-2H3/b19-9+. The Hall–Kier alpha value is -1.47. The van der Waals surface area contributed by atoms with E-state index in [2.05, 4.69) is 29.8 Å². The number of carbonyl (C=O) groups excluding carboxylic acids is 2. The Morgan fingerprint density at radius 3 is 2.48 bits per heavy atom. The molecule has 2 aromatic rings. The zero-order valence-corrected chi connectivity index (χ0v) is 19.7. The number of hydrogen-bond donors (Lipinski definition) is 0. The van der Waals surface area contributed by atoms with Gasteiger partial charge in [-0.3, -0.25) is 14.5 Å². The lowest BCUT2D eigenvalue weighted by Gasteiger charge is -2.14. The van der Waals surface area contributed by atoms with Crippen molar-refractivity contribution in [2.45, 2.75) is 20.4 Å². The summed E-state index contributed by atoms with van der Waals surface area (Å²) in [5, 5.41) is 0.482. The highest BCUT2D eigenvalue weighted by Gasteiger charge is 2.35. The summed E-state index contributed by atoms with van der Waals surface area (Å²) in [5.74, 6) is 0.782. The van der Waals surface area contributed by atoms with E-state index in [1.165, 1.54) is 0 Å². The number of hydrogen-bond acceptors (Lipinski definition) is 4. The predicted octanol–water partition coefficient (Wildman–Crippen LogP) is 7.03. The van der Waals surface area contributed by atoms with Gasteiger partial charge in [-0.2, -0.15) is 0 Å². The summed E-state index contributed by atoms with van der Waals surface area (Å²) in [6, 6.07) is 10.6. The van der Waals surface area contributed by atoms with Gasteiger partial charge in [-0.05, 0) is 69.5 Å². The minimum Gasteiger partial charge on any atom is -0.492 e. The molecular weight excluding hydrogens is 497 g/mol. The van der Waals surface area contributed by atoms with Gasteiger partial charge in [-0.25, -0.2) is 0 Å². The van der Waals surface area contributed by atoms with Crippen molar-refractivity contribution in [1.29, 1.82) is 0 Å². The van der Waals surface area contributed by atoms with E-state index in [1.807, 2.05) is 18.2 Å². The lowest BCUT2D eigenvalue weighted by atomic mass is 10.2. The summed E-state index contributed by atoms with van der Waals surface area (Å²) in [4.78, 5) is 26.7. The maximum absolute atomic E-state index is 12.8. The molecule has 4 nitrogen and oxygen atoms in total. The molecule has 1 aliphatic heterocycles. The first-order valence-corrected chi connectivity index (χ1v) is 11.2. The first kappa shape index (κ1) is 22.2. The quantitative estimate of drug-likeness (QED) is 0.388. The third-order valence-corrected chi connectivity index (χ3v) is 6.31. The zero-order valence-electron chi connectivity index (χ0n) is 15.7. The molecule has 1 saturated heterocycles. The molecule has 0 radical (unpaired) electrons. The van der Waals surface area contributed by atoms with E-state index in [0.29, 0.717) is 33.0 Å². The van der Waals surface area contributed by atoms with Crippen molar-refractivity contribution in [3.05, 3.63) is 66.9 Å². The highest BCUT2D eigenvalue weighted by molar-refractivity contribution is 9.10. The normalized spacial score (nSPS) is 15.7. The molecule has 0 spiro atoms. The third-order valence-electron chi connectivity index (χ3n) is 4.08. The average molecular weight is 515 g/mol. The SMILES string of the molecule is CC(C)COc1ccc(/C=C2/SC(=O)N(Cc3c(Cl)cccc3Cl)C2=O)cc1Br. The van der Waals surface area contributed by atoms with Crippen LogP contribution in [0.1, 0.15) is 25.0 Å². The second-order valence-corrected chi connectivity index (χ2v) is 9.52. The van der Waals surface area contributed by atoms with Crippen LogP contribution in [0.25, 0.3) is 6.08 Å². The minimum atomic E-state index is -0.368. The van der Waals surface area contributed by atoms with E-state index in [0.717, 1.165) is 32.4 Å². The number of imide groups is 1. The molecule has 0 saturated carbocycles. The van der Waals surface area contributed by atoms with Gasteiger partial charge < -0.3 is 4.74 Å². The number of thioether (sulfide) groups is 1. The van der Waals surface area contributed by atoms with Gasteiger partial charge >= 0.3 is 0 Å². The topological polar surface area (TPSA) is 46.6 Å². The summed E-state index contributed by atoms with van der Waals surface area (Å²) in [7, 11) is 0. The second-order valence-electron chi connectivity index (χ2n) is 6.86. The highest BCUT2D eigenvalue weighted by Crippen LogP contribution is 2.36. The Kier molecular flexibility index (Phi) is 7.32. The molecule has 0 bridgehead atoms. The van der Waals surface area contributed by atoms with Crippen molar-refractivity contribution < 1.29 is 14.3 Å². The van der Waals surface area contributed by atoms with Crippen LogP contribution in [0.5, 0.6) is 5.75 Å². The fraction of sp³-hybridized carbons (Fsp3) is 0.238. The van der Waals surface area contributed by atoms with Crippen LogP contribution < -0.4 is 4.74 Å². The monoisotopic (exact) mass is 513 g/mol. The first-order valence-electron chi connectivity index (χ1n) is 8.87. The van der Waals surface area contributed by atoms with Gasteiger partial charge in [0, 0.05) is 15.6 Å². The van der Waals surface area contributed by atoms with Gasteiger partial charge in [0.2, 0.25) is 0 Å². The number of rotatable bonds is 6. The number of halogens is 3. The van der Waals surface area contributed by atoms with Gasteiger partial charge in [0.15, 0.2) is 0 Å². The fourth-order valence-corrected chi connectivity index (χ4v) is 4.48. The van der Waals surface area contributed by atoms with E-state index < -0.39 is 0 Å². The van der Waals surface area contributed by atoms with Crippen LogP contribution in [0.2, 0.25) is 10.0 Å². The Labute approximate surface area is 192 Å². The molecule has 1 aliphatic rings. The summed E-state index contributed by atoms with van der Waals surface area (Å²) >= 11 is 16.7. The van der Waals surface area contributed by atoms with Crippen molar-refractivity contribution in [2.75, 3.05) is 6.61 Å². The Morgan fingerprint density at radius 2 is 1.86 bits per heavy atom. The van der Waals surface area contributed by atoms with E-state index in [1.54, 1.807) is 24.3 Å². The van der Waals surface area contributed by atoms with Crippen molar-refractivity contribution in [3.63, 3.8) is 0 Å². The molecule has 0 N–H and O–H groups in total. The summed E-state index contributed by atoms with van der Waals surface area (Å²) < 4.78 is 6.53. The highest BCUT2D eigenvalue weighted by atomic mass is 79.9. The maximum atomic E-state index is 12.8. The summed E-state index contributed by atoms with van der Waals surface area (Å²) in [6.07, 6.45) is 1.69. The smallest absolute Gasteiger partial charge is 0.293 e. The van der Waals surface area contributed by atoms with Crippen LogP contribution in [-0.2, 0) is 11.3 Å². The molecule has 1 fully saturated rings. The number of benzene rings is 2. The lowest BCUT2D eigenvalue weighted by Crippen LogP contribution is -2.27. The summed E-state index contributed by atoms with van der Waals surface area (Å²) in [5.41, 5.74) is 1.34. The first-order chi connectivity index (χ1) is 13.8. The Bertz CT molecular complexity index is 974. The number of nitrogens with zero attached hydrogens (tertiary/aromatic N) is 1. The molecule has 3 rings (SSSR count). The van der Waals surface area contributed by atoms with Crippen molar-refractivity contribution >= 4 is 68.1 Å². The number of carbonyl (C=O) groups is 2. The van der Waals surface area contributed by atoms with Gasteiger partial charge in [-0.1, -0.05) is 49.2 Å². The van der Waals surface area contributed by atoms with E-state index in [9.17, 15) is 9.59 Å². The number of amides is 2. The van der Waals surface area contributed by atoms with Crippen molar-refractivity contribution in [1.82, 2.24) is 4.90 Å². The van der Waals surface area contributed by atoms with Crippen LogP contribution in [0.3, 0.4) is 0 Å². The summed E-state index contributed by atoms with van der Waals surface area (Å²) in [6.45, 7) is 4.80. The fourth-order valence-electron chi connectivity index (χ4n) is 2.61. The Balaban J connectivity index is 1.78. The molecule has 0 aliphatic carbocycles. The third kappa shape index (κ3) is 5.37. The maximum Gasteiger partial charge on any atom is 0.293 e. The van der Waals surface area contributed by atoms with Crippen molar-refractivity contribution in [2.24, 2.45) is 5.92 Å². The molecular formula is C21H18BrCl2NO3S. The van der Waals surface area contributed by atoms with E-state index in [4.69, 9.17) is 27.9 Å². The van der Waals surface area contributed by atoms with Crippen molar-refractivity contribution in [3.8, 4) is 5.75 Å². The van der Waals surface area contributed by atoms with Crippen LogP contribution in [0, 0.1) is 5.92 Å². The predicted molar refractivity (Wildman–Crippen MR) is 122 cm³/mol. The van der Waals surface area contributed by atoms with Gasteiger partial charge in [-0.15, -0.1) is 0 Å². The van der Waals surface area contributed by atoms with Gasteiger partial charge in [0.05, 0.1) is 22.5 Å². The lowest BCUT2D eigenvalue weighted by molar-refractivity contribution is -0.123. The largest absolute Gasteiger partial charge is 0.492 e. The van der Waals surface area contributed by atoms with Crippen LogP contribution in [0.15, 0.2) is 45.8 Å². The number of ether oxygens (including phenoxy) is 1. The van der Waals surface area contributed by atoms with Gasteiger partial charge in [0.1, 0.15) is 5.75 Å². The Morgan fingerprint density at radius 1 is 1.17 bits per heavy atom. The molecule has 2 amide bonds. The average Bonchev–Trinajstić information content (AvgIpc) is 2.91. The van der Waals surface area contributed by atoms with Crippen LogP contribution >= 0.6 is 50.9 Å². The molecule has 8 heteroatoms. The van der Waals surface area contributed by atoms with Crippen LogP contribution in [-0.4, -0.2) is 22.7 Å². The molecule has 29 heavy (non-hydrogen) atoms. The van der Waals surface area contributed by atoms with E-state index >= 15 is 0 Å². The minimum absolute atomic E-state index is 0.0339. The molecule has 2 aromatic carbocycles. The molecule has 0 aromatic heterocycles. The second kappa shape index (κ2) is 9.56. The van der Waals surface area contributed by atoms with Crippen LogP contribution in [0.4, 0.5) is 4.79 Å². The molecule has 0 atom stereocenters. The van der Waals surface area contributed by atoms with E-state index in [-0.39, 0.29) is 17.7 Å². The molecule has 152 valence electrons. The molecule has 1 heterocycles. The zero-order chi connectivity index (χ0) is 21.1. The van der Waals surface area contributed by atoms with Gasteiger partial charge in [0.25, 0.3) is 11.1 Å². The molecule has 0 unspecified atom stereocenters.